The van der Waals surface area contributed by atoms with Crippen LogP contribution in [0.5, 0.6) is 0 Å². The molecular formula is C11H14ClNO2. The van der Waals surface area contributed by atoms with Crippen LogP contribution in [0.2, 0.25) is 5.02 Å². The highest BCUT2D eigenvalue weighted by molar-refractivity contribution is 6.30. The summed E-state index contributed by atoms with van der Waals surface area (Å²) in [4.78, 5) is 0. The first kappa shape index (κ1) is 10.9. The Balaban J connectivity index is 1.94. The molecule has 4 heteroatoms. The van der Waals surface area contributed by atoms with E-state index in [2.05, 4.69) is 0 Å². The minimum atomic E-state index is -0.157. The third-order valence-electron chi connectivity index (χ3n) is 2.44. The van der Waals surface area contributed by atoms with Crippen LogP contribution in [-0.2, 0) is 9.47 Å². The van der Waals surface area contributed by atoms with E-state index in [1.54, 1.807) is 0 Å². The van der Waals surface area contributed by atoms with E-state index in [-0.39, 0.29) is 12.3 Å². The van der Waals surface area contributed by atoms with Gasteiger partial charge >= 0.3 is 0 Å². The van der Waals surface area contributed by atoms with E-state index in [0.717, 1.165) is 10.6 Å². The van der Waals surface area contributed by atoms with Crippen LogP contribution in [0.15, 0.2) is 24.3 Å². The Kier molecular flexibility index (Phi) is 3.59. The molecule has 82 valence electrons. The average Bonchev–Trinajstić information content (AvgIpc) is 2.71. The van der Waals surface area contributed by atoms with Crippen LogP contribution < -0.4 is 5.73 Å². The smallest absolute Gasteiger partial charge is 0.159 e. The van der Waals surface area contributed by atoms with Crippen LogP contribution in [0.3, 0.4) is 0 Å². The monoisotopic (exact) mass is 227 g/mol. The highest BCUT2D eigenvalue weighted by Crippen LogP contribution is 2.21. The largest absolute Gasteiger partial charge is 0.350 e. The Morgan fingerprint density at radius 2 is 1.87 bits per heavy atom. The third-order valence-corrected chi connectivity index (χ3v) is 2.69. The summed E-state index contributed by atoms with van der Waals surface area (Å²) in [7, 11) is 0. The van der Waals surface area contributed by atoms with E-state index in [1.807, 2.05) is 24.3 Å². The molecule has 2 N–H and O–H groups in total. The number of rotatable bonds is 3. The molecule has 1 fully saturated rings. The van der Waals surface area contributed by atoms with Crippen molar-refractivity contribution in [3.63, 3.8) is 0 Å². The zero-order chi connectivity index (χ0) is 10.7. The van der Waals surface area contributed by atoms with Gasteiger partial charge in [-0.25, -0.2) is 0 Å². The van der Waals surface area contributed by atoms with Gasteiger partial charge < -0.3 is 15.2 Å². The predicted octanol–water partition coefficient (Wildman–Crippen LogP) is 2.10. The fraction of sp³-hybridized carbons (Fsp3) is 0.455. The van der Waals surface area contributed by atoms with Gasteiger partial charge in [0.2, 0.25) is 0 Å². The molecule has 2 rings (SSSR count). The number of hydrogen-bond acceptors (Lipinski definition) is 3. The molecule has 1 unspecified atom stereocenters. The van der Waals surface area contributed by atoms with Gasteiger partial charge in [-0.15, -0.1) is 0 Å². The van der Waals surface area contributed by atoms with Crippen molar-refractivity contribution in [3.05, 3.63) is 34.9 Å². The van der Waals surface area contributed by atoms with Gasteiger partial charge in [-0.3, -0.25) is 0 Å². The number of nitrogens with two attached hydrogens (primary N) is 1. The minimum Gasteiger partial charge on any atom is -0.350 e. The maximum atomic E-state index is 6.02. The molecule has 0 amide bonds. The van der Waals surface area contributed by atoms with Gasteiger partial charge in [0.15, 0.2) is 6.29 Å². The van der Waals surface area contributed by atoms with Crippen LogP contribution in [-0.4, -0.2) is 19.5 Å². The maximum absolute atomic E-state index is 6.02. The summed E-state index contributed by atoms with van der Waals surface area (Å²) in [6.45, 7) is 1.33. The van der Waals surface area contributed by atoms with Gasteiger partial charge in [0.1, 0.15) is 0 Å². The van der Waals surface area contributed by atoms with Crippen molar-refractivity contribution in [1.82, 2.24) is 0 Å². The number of halogens is 1. The Labute approximate surface area is 94.1 Å². The first-order valence-electron chi connectivity index (χ1n) is 5.00. The molecule has 0 radical (unpaired) electrons. The van der Waals surface area contributed by atoms with Crippen molar-refractivity contribution in [1.29, 1.82) is 0 Å². The van der Waals surface area contributed by atoms with Gasteiger partial charge in [0.25, 0.3) is 0 Å². The molecule has 0 aromatic heterocycles. The van der Waals surface area contributed by atoms with Crippen LogP contribution in [0.4, 0.5) is 0 Å². The second-order valence-electron chi connectivity index (χ2n) is 3.56. The molecule has 0 bridgehead atoms. The van der Waals surface area contributed by atoms with Crippen LogP contribution in [0.1, 0.15) is 18.0 Å². The Bertz CT molecular complexity index is 309. The first-order chi connectivity index (χ1) is 7.25. The zero-order valence-corrected chi connectivity index (χ0v) is 9.11. The highest BCUT2D eigenvalue weighted by Gasteiger charge is 2.19. The van der Waals surface area contributed by atoms with Crippen molar-refractivity contribution in [2.75, 3.05) is 13.2 Å². The standard InChI is InChI=1S/C11H14ClNO2/c12-9-3-1-8(2-4-9)10(13)7-11-14-5-6-15-11/h1-4,10-11H,5-7,13H2. The topological polar surface area (TPSA) is 44.5 Å². The molecule has 1 saturated heterocycles. The summed E-state index contributed by atoms with van der Waals surface area (Å²) < 4.78 is 10.7. The summed E-state index contributed by atoms with van der Waals surface area (Å²) in [5.74, 6) is 0. The van der Waals surface area contributed by atoms with E-state index in [4.69, 9.17) is 26.8 Å². The minimum absolute atomic E-state index is 0.0645. The van der Waals surface area contributed by atoms with Crippen LogP contribution in [0, 0.1) is 0 Å². The molecule has 1 aliphatic heterocycles. The van der Waals surface area contributed by atoms with E-state index in [0.29, 0.717) is 19.6 Å². The maximum Gasteiger partial charge on any atom is 0.159 e. The van der Waals surface area contributed by atoms with Crippen molar-refractivity contribution in [2.45, 2.75) is 18.8 Å². The second kappa shape index (κ2) is 4.94. The second-order valence-corrected chi connectivity index (χ2v) is 4.00. The van der Waals surface area contributed by atoms with Crippen LogP contribution >= 0.6 is 11.6 Å². The first-order valence-corrected chi connectivity index (χ1v) is 5.38. The van der Waals surface area contributed by atoms with Gasteiger partial charge in [-0.2, -0.15) is 0 Å². The number of hydrogen-bond donors (Lipinski definition) is 1. The van der Waals surface area contributed by atoms with E-state index < -0.39 is 0 Å². The Morgan fingerprint density at radius 3 is 2.47 bits per heavy atom. The lowest BCUT2D eigenvalue weighted by Crippen LogP contribution is -2.19. The van der Waals surface area contributed by atoms with E-state index >= 15 is 0 Å². The molecule has 0 saturated carbocycles. The van der Waals surface area contributed by atoms with Gasteiger partial charge in [-0.1, -0.05) is 23.7 Å². The van der Waals surface area contributed by atoms with E-state index in [1.165, 1.54) is 0 Å². The summed E-state index contributed by atoms with van der Waals surface area (Å²) in [6, 6.07) is 7.48. The number of benzene rings is 1. The van der Waals surface area contributed by atoms with Gasteiger partial charge in [0.05, 0.1) is 13.2 Å². The fourth-order valence-electron chi connectivity index (χ4n) is 1.60. The zero-order valence-electron chi connectivity index (χ0n) is 8.36. The van der Waals surface area contributed by atoms with Crippen molar-refractivity contribution < 1.29 is 9.47 Å². The molecule has 0 aliphatic carbocycles. The molecule has 1 aromatic rings. The van der Waals surface area contributed by atoms with Crippen molar-refractivity contribution in [3.8, 4) is 0 Å². The summed E-state index contributed by atoms with van der Waals surface area (Å²) >= 11 is 5.80. The average molecular weight is 228 g/mol. The predicted molar refractivity (Wildman–Crippen MR) is 58.7 cm³/mol. The molecule has 1 atom stereocenters. The number of ether oxygens (including phenoxy) is 2. The lowest BCUT2D eigenvalue weighted by atomic mass is 10.0. The SMILES string of the molecule is NC(CC1OCCO1)c1ccc(Cl)cc1. The van der Waals surface area contributed by atoms with Crippen molar-refractivity contribution >= 4 is 11.6 Å². The summed E-state index contributed by atoms with van der Waals surface area (Å²) in [5, 5.41) is 0.722. The lowest BCUT2D eigenvalue weighted by molar-refractivity contribution is -0.0507. The highest BCUT2D eigenvalue weighted by atomic mass is 35.5. The molecule has 1 aliphatic rings. The van der Waals surface area contributed by atoms with Gasteiger partial charge in [0, 0.05) is 17.5 Å². The molecular weight excluding hydrogens is 214 g/mol. The summed E-state index contributed by atoms with van der Waals surface area (Å²) in [6.07, 6.45) is 0.525. The normalized spacial score (nSPS) is 19.3. The summed E-state index contributed by atoms with van der Waals surface area (Å²) in [5.41, 5.74) is 7.08. The van der Waals surface area contributed by atoms with Crippen LogP contribution in [0.25, 0.3) is 0 Å². The molecule has 1 heterocycles. The lowest BCUT2D eigenvalue weighted by Gasteiger charge is -2.15. The van der Waals surface area contributed by atoms with Crippen molar-refractivity contribution in [2.24, 2.45) is 5.73 Å². The van der Waals surface area contributed by atoms with E-state index in [9.17, 15) is 0 Å². The molecule has 0 spiro atoms. The fourth-order valence-corrected chi connectivity index (χ4v) is 1.72. The molecule has 3 nitrogen and oxygen atoms in total. The Hall–Kier alpha value is -0.610. The third kappa shape index (κ3) is 2.92. The quantitative estimate of drug-likeness (QED) is 0.860. The Morgan fingerprint density at radius 1 is 1.27 bits per heavy atom. The molecule has 15 heavy (non-hydrogen) atoms. The molecule has 1 aromatic carbocycles. The van der Waals surface area contributed by atoms with Gasteiger partial charge in [-0.05, 0) is 17.7 Å².